The molecule has 5 nitrogen and oxygen atoms in total. The van der Waals surface area contributed by atoms with Gasteiger partial charge in [-0.25, -0.2) is 9.59 Å². The molecule has 0 aliphatic carbocycles. The van der Waals surface area contributed by atoms with E-state index in [9.17, 15) is 9.59 Å². The fourth-order valence-corrected chi connectivity index (χ4v) is 2.58. The van der Waals surface area contributed by atoms with Crippen LogP contribution in [0.2, 0.25) is 0 Å². The van der Waals surface area contributed by atoms with E-state index in [4.69, 9.17) is 14.2 Å². The number of carbonyl (C=O) groups is 2. The van der Waals surface area contributed by atoms with Crippen molar-refractivity contribution in [3.63, 3.8) is 0 Å². The molecule has 0 heterocycles. The van der Waals surface area contributed by atoms with Crippen molar-refractivity contribution in [3.8, 4) is 11.5 Å². The number of halogens is 1. The topological polar surface area (TPSA) is 61.8 Å². The number of hydrogen-bond donors (Lipinski definition) is 0. The Morgan fingerprint density at radius 1 is 0.923 bits per heavy atom. The smallest absolute Gasteiger partial charge is 0.343 e. The van der Waals surface area contributed by atoms with E-state index in [0.29, 0.717) is 34.6 Å². The van der Waals surface area contributed by atoms with Gasteiger partial charge in [0.15, 0.2) is 0 Å². The zero-order valence-corrected chi connectivity index (χ0v) is 16.4. The van der Waals surface area contributed by atoms with Gasteiger partial charge in [-0.05, 0) is 65.2 Å². The number of carbonyl (C=O) groups excluding carboxylic acids is 2. The van der Waals surface area contributed by atoms with Crippen LogP contribution in [0.15, 0.2) is 46.9 Å². The summed E-state index contributed by atoms with van der Waals surface area (Å²) in [6.45, 7) is 4.89. The van der Waals surface area contributed by atoms with Crippen LogP contribution >= 0.6 is 15.9 Å². The van der Waals surface area contributed by atoms with Gasteiger partial charge in [0.2, 0.25) is 0 Å². The van der Waals surface area contributed by atoms with E-state index in [1.165, 1.54) is 6.07 Å². The van der Waals surface area contributed by atoms with E-state index in [2.05, 4.69) is 15.9 Å². The van der Waals surface area contributed by atoms with Gasteiger partial charge in [-0.1, -0.05) is 19.9 Å². The first-order chi connectivity index (χ1) is 12.5. The van der Waals surface area contributed by atoms with Gasteiger partial charge in [-0.2, -0.15) is 0 Å². The van der Waals surface area contributed by atoms with Crippen molar-refractivity contribution in [3.05, 3.63) is 58.1 Å². The van der Waals surface area contributed by atoms with Crippen LogP contribution in [0.1, 0.15) is 47.4 Å². The van der Waals surface area contributed by atoms with Crippen molar-refractivity contribution in [1.82, 2.24) is 0 Å². The van der Waals surface area contributed by atoms with Crippen molar-refractivity contribution in [1.29, 1.82) is 0 Å². The summed E-state index contributed by atoms with van der Waals surface area (Å²) in [5.41, 5.74) is 0.716. The average molecular weight is 421 g/mol. The Kier molecular flexibility index (Phi) is 7.66. The van der Waals surface area contributed by atoms with E-state index in [-0.39, 0.29) is 5.75 Å². The third kappa shape index (κ3) is 5.59. The molecule has 0 radical (unpaired) electrons. The van der Waals surface area contributed by atoms with E-state index in [1.54, 1.807) is 36.4 Å². The molecule has 2 aromatic rings. The van der Waals surface area contributed by atoms with Crippen LogP contribution in [0, 0.1) is 0 Å². The van der Waals surface area contributed by atoms with Gasteiger partial charge in [-0.3, -0.25) is 0 Å². The summed E-state index contributed by atoms with van der Waals surface area (Å²) >= 11 is 3.39. The molecule has 0 saturated carbocycles. The van der Waals surface area contributed by atoms with E-state index in [1.807, 2.05) is 13.8 Å². The molecule has 26 heavy (non-hydrogen) atoms. The van der Waals surface area contributed by atoms with E-state index >= 15 is 0 Å². The molecule has 0 N–H and O–H groups in total. The molecule has 0 unspecified atom stereocenters. The second kappa shape index (κ2) is 9.97. The first kappa shape index (κ1) is 20.0. The quantitative estimate of drug-likeness (QED) is 0.442. The van der Waals surface area contributed by atoms with E-state index < -0.39 is 11.9 Å². The summed E-state index contributed by atoms with van der Waals surface area (Å²) in [5, 5.41) is 0. The predicted octanol–water partition coefficient (Wildman–Crippen LogP) is 5.02. The molecule has 2 aromatic carbocycles. The highest BCUT2D eigenvalue weighted by Crippen LogP contribution is 2.27. The SMILES string of the molecule is CCCOC(=O)c1cccc(OC(=O)c2ccc(OCCC)c(Br)c2)c1. The van der Waals surface area contributed by atoms with Crippen LogP contribution in [0.3, 0.4) is 0 Å². The van der Waals surface area contributed by atoms with Gasteiger partial charge in [0, 0.05) is 0 Å². The largest absolute Gasteiger partial charge is 0.492 e. The number of ether oxygens (including phenoxy) is 3. The average Bonchev–Trinajstić information content (AvgIpc) is 2.65. The Morgan fingerprint density at radius 2 is 1.65 bits per heavy atom. The summed E-state index contributed by atoms with van der Waals surface area (Å²) in [5.74, 6) is -0.0100. The normalized spacial score (nSPS) is 10.3. The maximum absolute atomic E-state index is 12.3. The number of benzene rings is 2. The molecule has 0 atom stereocenters. The van der Waals surface area contributed by atoms with Crippen LogP contribution < -0.4 is 9.47 Å². The summed E-state index contributed by atoms with van der Waals surface area (Å²) < 4.78 is 16.7. The lowest BCUT2D eigenvalue weighted by molar-refractivity contribution is 0.0503. The zero-order valence-electron chi connectivity index (χ0n) is 14.8. The van der Waals surface area contributed by atoms with Crippen LogP contribution in [0.5, 0.6) is 11.5 Å². The van der Waals surface area contributed by atoms with E-state index in [0.717, 1.165) is 12.8 Å². The fourth-order valence-electron chi connectivity index (χ4n) is 2.09. The summed E-state index contributed by atoms with van der Waals surface area (Å²) in [7, 11) is 0. The molecule has 0 aliphatic heterocycles. The molecule has 0 fully saturated rings. The Morgan fingerprint density at radius 3 is 2.35 bits per heavy atom. The second-order valence-corrected chi connectivity index (χ2v) is 6.40. The van der Waals surface area contributed by atoms with Crippen molar-refractivity contribution in [2.24, 2.45) is 0 Å². The first-order valence-electron chi connectivity index (χ1n) is 8.46. The molecule has 0 amide bonds. The minimum Gasteiger partial charge on any atom is -0.492 e. The maximum atomic E-state index is 12.3. The van der Waals surface area contributed by atoms with Crippen molar-refractivity contribution >= 4 is 27.9 Å². The Bertz CT molecular complexity index is 773. The molecule has 6 heteroatoms. The minimum atomic E-state index is -0.521. The number of esters is 2. The van der Waals surface area contributed by atoms with Gasteiger partial charge in [0.05, 0.1) is 28.8 Å². The minimum absolute atomic E-state index is 0.281. The zero-order chi connectivity index (χ0) is 18.9. The lowest BCUT2D eigenvalue weighted by Crippen LogP contribution is -2.10. The van der Waals surface area contributed by atoms with Crippen LogP contribution in [-0.2, 0) is 4.74 Å². The van der Waals surface area contributed by atoms with Crippen molar-refractivity contribution < 1.29 is 23.8 Å². The van der Waals surface area contributed by atoms with Crippen molar-refractivity contribution in [2.75, 3.05) is 13.2 Å². The molecule has 2 rings (SSSR count). The highest BCUT2D eigenvalue weighted by atomic mass is 79.9. The molecular formula is C20H21BrO5. The third-order valence-electron chi connectivity index (χ3n) is 3.35. The maximum Gasteiger partial charge on any atom is 0.343 e. The molecule has 138 valence electrons. The molecule has 0 aromatic heterocycles. The fraction of sp³-hybridized carbons (Fsp3) is 0.300. The lowest BCUT2D eigenvalue weighted by Gasteiger charge is -2.09. The molecule has 0 aliphatic rings. The van der Waals surface area contributed by atoms with Gasteiger partial charge in [-0.15, -0.1) is 0 Å². The monoisotopic (exact) mass is 420 g/mol. The highest BCUT2D eigenvalue weighted by Gasteiger charge is 2.13. The van der Waals surface area contributed by atoms with Gasteiger partial charge < -0.3 is 14.2 Å². The molecular weight excluding hydrogens is 400 g/mol. The van der Waals surface area contributed by atoms with Gasteiger partial charge in [0.25, 0.3) is 0 Å². The van der Waals surface area contributed by atoms with Gasteiger partial charge >= 0.3 is 11.9 Å². The molecule has 0 spiro atoms. The predicted molar refractivity (Wildman–Crippen MR) is 102 cm³/mol. The summed E-state index contributed by atoms with van der Waals surface area (Å²) in [6, 6.07) is 11.4. The van der Waals surface area contributed by atoms with Gasteiger partial charge in [0.1, 0.15) is 11.5 Å². The van der Waals surface area contributed by atoms with Crippen LogP contribution in [-0.4, -0.2) is 25.2 Å². The highest BCUT2D eigenvalue weighted by molar-refractivity contribution is 9.10. The van der Waals surface area contributed by atoms with Crippen LogP contribution in [0.4, 0.5) is 0 Å². The summed E-state index contributed by atoms with van der Waals surface area (Å²) in [4.78, 5) is 24.2. The summed E-state index contributed by atoms with van der Waals surface area (Å²) in [6.07, 6.45) is 1.64. The standard InChI is InChI=1S/C20H21BrO5/c1-3-10-24-18-9-8-15(13-17(18)21)20(23)26-16-7-5-6-14(12-16)19(22)25-11-4-2/h5-9,12-13H,3-4,10-11H2,1-2H3. The second-order valence-electron chi connectivity index (χ2n) is 5.55. The molecule has 0 saturated heterocycles. The van der Waals surface area contributed by atoms with Crippen LogP contribution in [0.25, 0.3) is 0 Å². The molecule has 0 bridgehead atoms. The number of hydrogen-bond acceptors (Lipinski definition) is 5. The Balaban J connectivity index is 2.07. The Hall–Kier alpha value is -2.34. The third-order valence-corrected chi connectivity index (χ3v) is 3.97. The number of rotatable bonds is 8. The lowest BCUT2D eigenvalue weighted by atomic mass is 10.2. The Labute approximate surface area is 161 Å². The first-order valence-corrected chi connectivity index (χ1v) is 9.26. The van der Waals surface area contributed by atoms with Crippen molar-refractivity contribution in [2.45, 2.75) is 26.7 Å².